The topological polar surface area (TPSA) is 72.5 Å². The van der Waals surface area contributed by atoms with E-state index in [4.69, 9.17) is 9.47 Å². The maximum Gasteiger partial charge on any atom is 0.263 e. The first kappa shape index (κ1) is 20.5. The lowest BCUT2D eigenvalue weighted by atomic mass is 10.1. The first-order valence-electron chi connectivity index (χ1n) is 8.92. The Balaban J connectivity index is 1.87. The van der Waals surface area contributed by atoms with Gasteiger partial charge in [-0.25, -0.2) is 8.78 Å². The van der Waals surface area contributed by atoms with Gasteiger partial charge in [-0.2, -0.15) is 0 Å². The van der Waals surface area contributed by atoms with Gasteiger partial charge in [-0.05, 0) is 30.3 Å². The molecule has 0 spiro atoms. The molecule has 0 atom stereocenters. The van der Waals surface area contributed by atoms with Crippen LogP contribution in [0.15, 0.2) is 48.7 Å². The first-order chi connectivity index (χ1) is 14.0. The van der Waals surface area contributed by atoms with Crippen LogP contribution in [0.25, 0.3) is 10.9 Å². The molecule has 0 aliphatic heterocycles. The Morgan fingerprint density at radius 3 is 2.66 bits per heavy atom. The lowest BCUT2D eigenvalue weighted by Gasteiger charge is -2.14. The van der Waals surface area contributed by atoms with Crippen LogP contribution in [-0.4, -0.2) is 38.3 Å². The van der Waals surface area contributed by atoms with Gasteiger partial charge in [0.1, 0.15) is 5.75 Å². The van der Waals surface area contributed by atoms with Crippen LogP contribution in [0.3, 0.4) is 0 Å². The van der Waals surface area contributed by atoms with Crippen molar-refractivity contribution in [3.8, 4) is 5.75 Å². The third-order valence-electron chi connectivity index (χ3n) is 4.34. The summed E-state index contributed by atoms with van der Waals surface area (Å²) in [6.45, 7) is 0.826. The Kier molecular flexibility index (Phi) is 6.56. The summed E-state index contributed by atoms with van der Waals surface area (Å²) in [6.07, 6.45) is -1.01. The molecule has 8 heteroatoms. The maximum absolute atomic E-state index is 12.9. The van der Waals surface area contributed by atoms with E-state index in [1.165, 1.54) is 19.2 Å². The van der Waals surface area contributed by atoms with Crippen molar-refractivity contribution >= 4 is 28.2 Å². The standard InChI is InChI=1S/C21H21F2N3O3/c1-28-10-9-25-21(27)14-4-6-17(19(12-14)29-2)26-16-7-8-24-18-11-13(20(22)23)3-5-15(16)18/h3-8,11-12,20H,9-10H2,1-2H3,(H,24,26)(H,25,27). The van der Waals surface area contributed by atoms with Crippen molar-refractivity contribution in [1.82, 2.24) is 10.3 Å². The van der Waals surface area contributed by atoms with Crippen LogP contribution in [0.4, 0.5) is 20.2 Å². The molecule has 0 radical (unpaired) electrons. The third-order valence-corrected chi connectivity index (χ3v) is 4.34. The Labute approximate surface area is 166 Å². The molecule has 0 aliphatic carbocycles. The van der Waals surface area contributed by atoms with Crippen molar-refractivity contribution in [2.75, 3.05) is 32.7 Å². The fraction of sp³-hybridized carbons (Fsp3) is 0.238. The molecular weight excluding hydrogens is 380 g/mol. The molecule has 29 heavy (non-hydrogen) atoms. The minimum atomic E-state index is -2.56. The molecule has 6 nitrogen and oxygen atoms in total. The van der Waals surface area contributed by atoms with Gasteiger partial charge in [0, 0.05) is 42.1 Å². The first-order valence-corrected chi connectivity index (χ1v) is 8.92. The van der Waals surface area contributed by atoms with E-state index >= 15 is 0 Å². The van der Waals surface area contributed by atoms with E-state index < -0.39 is 6.43 Å². The number of alkyl halides is 2. The number of pyridine rings is 1. The van der Waals surface area contributed by atoms with Crippen LogP contribution in [-0.2, 0) is 4.74 Å². The summed E-state index contributed by atoms with van der Waals surface area (Å²) in [6, 6.07) is 11.1. The van der Waals surface area contributed by atoms with E-state index in [-0.39, 0.29) is 11.5 Å². The van der Waals surface area contributed by atoms with Crippen LogP contribution in [0.5, 0.6) is 5.75 Å². The number of hydrogen-bond donors (Lipinski definition) is 2. The van der Waals surface area contributed by atoms with Crippen molar-refractivity contribution in [3.63, 3.8) is 0 Å². The van der Waals surface area contributed by atoms with Gasteiger partial charge in [-0.1, -0.05) is 12.1 Å². The van der Waals surface area contributed by atoms with Crippen LogP contribution < -0.4 is 15.4 Å². The fourth-order valence-electron chi connectivity index (χ4n) is 2.86. The van der Waals surface area contributed by atoms with Gasteiger partial charge in [0.05, 0.1) is 24.9 Å². The number of ether oxygens (including phenoxy) is 2. The van der Waals surface area contributed by atoms with E-state index in [9.17, 15) is 13.6 Å². The lowest BCUT2D eigenvalue weighted by Crippen LogP contribution is -2.26. The largest absolute Gasteiger partial charge is 0.495 e. The molecule has 1 aromatic heterocycles. The number of anilines is 2. The second kappa shape index (κ2) is 9.29. The molecule has 0 fully saturated rings. The zero-order valence-corrected chi connectivity index (χ0v) is 16.0. The maximum atomic E-state index is 12.9. The molecule has 0 unspecified atom stereocenters. The third kappa shape index (κ3) is 4.78. The monoisotopic (exact) mass is 401 g/mol. The van der Waals surface area contributed by atoms with Gasteiger partial charge in [-0.3, -0.25) is 9.78 Å². The molecule has 1 heterocycles. The Morgan fingerprint density at radius 1 is 1.10 bits per heavy atom. The van der Waals surface area contributed by atoms with E-state index in [0.717, 1.165) is 0 Å². The second-order valence-corrected chi connectivity index (χ2v) is 6.22. The summed E-state index contributed by atoms with van der Waals surface area (Å²) < 4.78 is 36.2. The highest BCUT2D eigenvalue weighted by atomic mass is 19.3. The number of nitrogens with one attached hydrogen (secondary N) is 2. The van der Waals surface area contributed by atoms with Crippen molar-refractivity contribution in [1.29, 1.82) is 0 Å². The van der Waals surface area contributed by atoms with Crippen molar-refractivity contribution in [2.45, 2.75) is 6.43 Å². The van der Waals surface area contributed by atoms with Gasteiger partial charge < -0.3 is 20.1 Å². The van der Waals surface area contributed by atoms with Gasteiger partial charge >= 0.3 is 0 Å². The van der Waals surface area contributed by atoms with E-state index in [1.54, 1.807) is 43.6 Å². The Bertz CT molecular complexity index is 1010. The molecule has 1 amide bonds. The van der Waals surface area contributed by atoms with Gasteiger partial charge in [0.25, 0.3) is 12.3 Å². The van der Waals surface area contributed by atoms with E-state index in [0.29, 0.717) is 46.7 Å². The van der Waals surface area contributed by atoms with Crippen molar-refractivity contribution < 1.29 is 23.0 Å². The van der Waals surface area contributed by atoms with Crippen molar-refractivity contribution in [3.05, 3.63) is 59.8 Å². The molecular formula is C21H21F2N3O3. The minimum Gasteiger partial charge on any atom is -0.495 e. The van der Waals surface area contributed by atoms with Crippen LogP contribution in [0.1, 0.15) is 22.3 Å². The number of aromatic nitrogens is 1. The molecule has 0 bridgehead atoms. The van der Waals surface area contributed by atoms with Gasteiger partial charge in [0.15, 0.2) is 0 Å². The predicted molar refractivity (Wildman–Crippen MR) is 107 cm³/mol. The zero-order chi connectivity index (χ0) is 20.8. The fourth-order valence-corrected chi connectivity index (χ4v) is 2.86. The van der Waals surface area contributed by atoms with E-state index in [2.05, 4.69) is 15.6 Å². The highest BCUT2D eigenvalue weighted by Crippen LogP contribution is 2.33. The normalized spacial score (nSPS) is 10.9. The molecule has 3 rings (SSSR count). The second-order valence-electron chi connectivity index (χ2n) is 6.22. The molecule has 3 aromatic rings. The molecule has 152 valence electrons. The lowest BCUT2D eigenvalue weighted by molar-refractivity contribution is 0.0936. The van der Waals surface area contributed by atoms with Crippen LogP contribution >= 0.6 is 0 Å². The molecule has 0 saturated carbocycles. The summed E-state index contributed by atoms with van der Waals surface area (Å²) in [4.78, 5) is 16.4. The van der Waals surface area contributed by atoms with Crippen molar-refractivity contribution in [2.24, 2.45) is 0 Å². The van der Waals surface area contributed by atoms with Gasteiger partial charge in [0.2, 0.25) is 0 Å². The van der Waals surface area contributed by atoms with Crippen LogP contribution in [0, 0.1) is 0 Å². The summed E-state index contributed by atoms with van der Waals surface area (Å²) in [5.41, 5.74) is 2.15. The highest BCUT2D eigenvalue weighted by Gasteiger charge is 2.13. The number of hydrogen-bond acceptors (Lipinski definition) is 5. The highest BCUT2D eigenvalue weighted by molar-refractivity contribution is 5.97. The number of benzene rings is 2. The van der Waals surface area contributed by atoms with Gasteiger partial charge in [-0.15, -0.1) is 0 Å². The van der Waals surface area contributed by atoms with E-state index in [1.807, 2.05) is 0 Å². The smallest absolute Gasteiger partial charge is 0.263 e. The van der Waals surface area contributed by atoms with Crippen LogP contribution in [0.2, 0.25) is 0 Å². The summed E-state index contributed by atoms with van der Waals surface area (Å²) >= 11 is 0. The average molecular weight is 401 g/mol. The average Bonchev–Trinajstić information content (AvgIpc) is 2.73. The summed E-state index contributed by atoms with van der Waals surface area (Å²) in [7, 11) is 3.07. The number of halogens is 2. The number of methoxy groups -OCH3 is 2. The number of carbonyl (C=O) groups excluding carboxylic acids is 1. The quantitative estimate of drug-likeness (QED) is 0.551. The Hall–Kier alpha value is -3.26. The minimum absolute atomic E-state index is 0.0800. The number of carbonyl (C=O) groups is 1. The zero-order valence-electron chi connectivity index (χ0n) is 16.0. The number of nitrogens with zero attached hydrogens (tertiary/aromatic N) is 1. The SMILES string of the molecule is COCCNC(=O)c1ccc(Nc2ccnc3cc(C(F)F)ccc23)c(OC)c1. The number of amides is 1. The number of fused-ring (bicyclic) bond motifs is 1. The number of rotatable bonds is 8. The molecule has 0 saturated heterocycles. The Morgan fingerprint density at radius 2 is 1.93 bits per heavy atom. The summed E-state index contributed by atoms with van der Waals surface area (Å²) in [5.74, 6) is 0.236. The predicted octanol–water partition coefficient (Wildman–Crippen LogP) is 4.30. The molecule has 0 aliphatic rings. The molecule has 2 N–H and O–H groups in total. The summed E-state index contributed by atoms with van der Waals surface area (Å²) in [5, 5.41) is 6.67. The molecule has 2 aromatic carbocycles.